The van der Waals surface area contributed by atoms with Gasteiger partial charge in [-0.05, 0) is 18.6 Å². The van der Waals surface area contributed by atoms with Gasteiger partial charge in [0.1, 0.15) is 0 Å². The molecule has 0 saturated carbocycles. The van der Waals surface area contributed by atoms with E-state index in [0.29, 0.717) is 5.92 Å². The molecule has 0 amide bonds. The van der Waals surface area contributed by atoms with E-state index in [1.807, 2.05) is 6.92 Å². The lowest BCUT2D eigenvalue weighted by Gasteiger charge is -2.23. The van der Waals surface area contributed by atoms with E-state index in [9.17, 15) is 0 Å². The van der Waals surface area contributed by atoms with E-state index in [2.05, 4.69) is 13.8 Å². The largest absolute Gasteiger partial charge is 0.500 e. The minimum absolute atomic E-state index is 0.477. The highest BCUT2D eigenvalue weighted by Crippen LogP contribution is 2.13. The normalized spacial score (nSPS) is 12.6. The molecule has 16 heavy (non-hydrogen) atoms. The van der Waals surface area contributed by atoms with Gasteiger partial charge in [0.05, 0.1) is 0 Å². The lowest BCUT2D eigenvalue weighted by Crippen LogP contribution is -2.42. The van der Waals surface area contributed by atoms with Gasteiger partial charge < -0.3 is 18.7 Å². The van der Waals surface area contributed by atoms with Gasteiger partial charge in [-0.3, -0.25) is 0 Å². The molecule has 0 aliphatic carbocycles. The lowest BCUT2D eigenvalue weighted by atomic mass is 10.1. The summed E-state index contributed by atoms with van der Waals surface area (Å²) in [5.74, 6) is 0.477. The molecule has 0 bridgehead atoms. The van der Waals surface area contributed by atoms with Crippen LogP contribution in [0.15, 0.2) is 0 Å². The average molecular weight is 249 g/mol. The molecule has 0 aromatic heterocycles. The maximum Gasteiger partial charge on any atom is 0.500 e. The van der Waals surface area contributed by atoms with Crippen molar-refractivity contribution >= 4 is 15.0 Å². The Labute approximate surface area is 101 Å². The summed E-state index contributed by atoms with van der Waals surface area (Å²) in [4.78, 5) is 0. The van der Waals surface area contributed by atoms with Crippen molar-refractivity contribution in [2.75, 3.05) is 21.3 Å². The zero-order chi connectivity index (χ0) is 13.0. The summed E-state index contributed by atoms with van der Waals surface area (Å²) in [5, 5.41) is 6.68. The fourth-order valence-corrected chi connectivity index (χ4v) is 2.70. The topological polar surface area (TPSA) is 51.5 Å². The van der Waals surface area contributed by atoms with Gasteiger partial charge in [-0.25, -0.2) is 0 Å². The third-order valence-corrected chi connectivity index (χ3v) is 5.40. The molecule has 0 heterocycles. The molecule has 0 rings (SSSR count). The quantitative estimate of drug-likeness (QED) is 0.557. The van der Waals surface area contributed by atoms with Crippen molar-refractivity contribution < 1.29 is 13.3 Å². The van der Waals surface area contributed by atoms with E-state index in [4.69, 9.17) is 18.7 Å². The molecule has 1 atom stereocenters. The molecule has 1 unspecified atom stereocenters. The number of rotatable bonds is 7. The summed E-state index contributed by atoms with van der Waals surface area (Å²) < 4.78 is 15.5. The Bertz CT molecular complexity index is 155. The molecular weight excluding hydrogens is 222 g/mol. The first-order chi connectivity index (χ1) is 7.55. The minimum Gasteiger partial charge on any atom is -0.377 e. The van der Waals surface area contributed by atoms with Crippen LogP contribution in [0.25, 0.3) is 0 Å². The Morgan fingerprint density at radius 3 is 1.62 bits per heavy atom. The highest BCUT2D eigenvalue weighted by atomic mass is 28.4. The van der Waals surface area contributed by atoms with Gasteiger partial charge in [0, 0.05) is 27.4 Å². The zero-order valence-electron chi connectivity index (χ0n) is 11.5. The second-order valence-corrected chi connectivity index (χ2v) is 6.69. The standard InChI is InChI=1S/C6H16O3Si.C5H11N/c1-5-6-10(7-2,8-3)9-4;1-3-5(2)4-6/h5-6H2,1-4H3;4-6H,3H2,1-2H3. The van der Waals surface area contributed by atoms with Crippen molar-refractivity contribution in [2.45, 2.75) is 39.7 Å². The monoisotopic (exact) mass is 249 g/mol. The molecule has 0 aliphatic rings. The highest BCUT2D eigenvalue weighted by Gasteiger charge is 2.36. The van der Waals surface area contributed by atoms with Crippen LogP contribution >= 0.6 is 0 Å². The van der Waals surface area contributed by atoms with Gasteiger partial charge in [0.2, 0.25) is 0 Å². The summed E-state index contributed by atoms with van der Waals surface area (Å²) in [6.07, 6.45) is 3.59. The molecule has 0 saturated heterocycles. The average Bonchev–Trinajstić information content (AvgIpc) is 2.36. The molecule has 0 aliphatic heterocycles. The van der Waals surface area contributed by atoms with Crippen LogP contribution in [-0.2, 0) is 13.3 Å². The van der Waals surface area contributed by atoms with Crippen LogP contribution in [-0.4, -0.2) is 36.3 Å². The molecule has 5 heteroatoms. The summed E-state index contributed by atoms with van der Waals surface area (Å²) in [6, 6.07) is 0.885. The SMILES string of the molecule is CCC(C)C=N.CCC[Si](OC)(OC)OC. The highest BCUT2D eigenvalue weighted by molar-refractivity contribution is 6.60. The Kier molecular flexibility index (Phi) is 12.8. The van der Waals surface area contributed by atoms with E-state index >= 15 is 0 Å². The van der Waals surface area contributed by atoms with Crippen molar-refractivity contribution in [1.29, 1.82) is 5.41 Å². The van der Waals surface area contributed by atoms with Crippen molar-refractivity contribution in [1.82, 2.24) is 0 Å². The fourth-order valence-electron chi connectivity index (χ4n) is 0.980. The second kappa shape index (κ2) is 11.3. The van der Waals surface area contributed by atoms with Crippen molar-refractivity contribution in [3.05, 3.63) is 0 Å². The third kappa shape index (κ3) is 7.98. The molecule has 0 aromatic carbocycles. The number of hydrogen-bond acceptors (Lipinski definition) is 4. The molecule has 0 fully saturated rings. The van der Waals surface area contributed by atoms with E-state index in [-0.39, 0.29) is 0 Å². The van der Waals surface area contributed by atoms with Gasteiger partial charge in [-0.2, -0.15) is 0 Å². The Balaban J connectivity index is 0. The summed E-state index contributed by atoms with van der Waals surface area (Å²) in [6.45, 7) is 6.20. The van der Waals surface area contributed by atoms with Gasteiger partial charge in [0.25, 0.3) is 0 Å². The number of hydrogen-bond donors (Lipinski definition) is 1. The summed E-state index contributed by atoms with van der Waals surface area (Å²) in [7, 11) is 2.68. The van der Waals surface area contributed by atoms with Gasteiger partial charge >= 0.3 is 8.80 Å². The van der Waals surface area contributed by atoms with Gasteiger partial charge in [-0.15, -0.1) is 0 Å². The van der Waals surface area contributed by atoms with Crippen LogP contribution in [0.1, 0.15) is 33.6 Å². The van der Waals surface area contributed by atoms with E-state index in [1.54, 1.807) is 21.3 Å². The first-order valence-electron chi connectivity index (χ1n) is 5.71. The molecule has 4 nitrogen and oxygen atoms in total. The summed E-state index contributed by atoms with van der Waals surface area (Å²) >= 11 is 0. The molecular formula is C11H27NO3Si. The van der Waals surface area contributed by atoms with E-state index in [0.717, 1.165) is 18.9 Å². The minimum atomic E-state index is -2.22. The predicted octanol–water partition coefficient (Wildman–Crippen LogP) is 2.96. The molecule has 0 aromatic rings. The van der Waals surface area contributed by atoms with Crippen LogP contribution in [0.4, 0.5) is 0 Å². The van der Waals surface area contributed by atoms with Gasteiger partial charge in [-0.1, -0.05) is 27.2 Å². The van der Waals surface area contributed by atoms with Crippen LogP contribution < -0.4 is 0 Å². The molecule has 98 valence electrons. The van der Waals surface area contributed by atoms with Gasteiger partial charge in [0.15, 0.2) is 0 Å². The van der Waals surface area contributed by atoms with Crippen LogP contribution in [0.2, 0.25) is 6.04 Å². The molecule has 0 spiro atoms. The fraction of sp³-hybridized carbons (Fsp3) is 0.909. The Morgan fingerprint density at radius 1 is 1.12 bits per heavy atom. The number of nitrogens with one attached hydrogen (secondary N) is 1. The predicted molar refractivity (Wildman–Crippen MR) is 70.1 cm³/mol. The maximum absolute atomic E-state index is 6.68. The zero-order valence-corrected chi connectivity index (χ0v) is 12.5. The van der Waals surface area contributed by atoms with Crippen molar-refractivity contribution in [2.24, 2.45) is 5.92 Å². The Hall–Kier alpha value is -0.233. The van der Waals surface area contributed by atoms with Crippen LogP contribution in [0.5, 0.6) is 0 Å². The van der Waals surface area contributed by atoms with Crippen molar-refractivity contribution in [3.8, 4) is 0 Å². The van der Waals surface area contributed by atoms with E-state index < -0.39 is 8.80 Å². The smallest absolute Gasteiger partial charge is 0.377 e. The Morgan fingerprint density at radius 2 is 1.56 bits per heavy atom. The molecule has 0 radical (unpaired) electrons. The van der Waals surface area contributed by atoms with Crippen LogP contribution in [0.3, 0.4) is 0 Å². The first kappa shape index (κ1) is 18.1. The third-order valence-electron chi connectivity index (χ3n) is 2.42. The lowest BCUT2D eigenvalue weighted by molar-refractivity contribution is 0.123. The molecule has 1 N–H and O–H groups in total. The maximum atomic E-state index is 6.68. The first-order valence-corrected chi connectivity index (χ1v) is 7.64. The van der Waals surface area contributed by atoms with E-state index in [1.165, 1.54) is 6.21 Å². The second-order valence-electron chi connectivity index (χ2n) is 3.60. The van der Waals surface area contributed by atoms with Crippen LogP contribution in [0, 0.1) is 11.3 Å². The van der Waals surface area contributed by atoms with Crippen molar-refractivity contribution in [3.63, 3.8) is 0 Å². The summed E-state index contributed by atoms with van der Waals surface area (Å²) in [5.41, 5.74) is 0.